The summed E-state index contributed by atoms with van der Waals surface area (Å²) < 4.78 is 0. The van der Waals surface area contributed by atoms with Crippen LogP contribution >= 0.6 is 22.9 Å². The summed E-state index contributed by atoms with van der Waals surface area (Å²) in [6, 6.07) is 17.3. The van der Waals surface area contributed by atoms with Gasteiger partial charge in [0.05, 0.1) is 0 Å². The van der Waals surface area contributed by atoms with Crippen LogP contribution in [0.3, 0.4) is 0 Å². The molecule has 1 unspecified atom stereocenters. The summed E-state index contributed by atoms with van der Waals surface area (Å²) >= 11 is 7.22. The van der Waals surface area contributed by atoms with Crippen molar-refractivity contribution in [3.05, 3.63) is 65.2 Å². The molecule has 3 aromatic rings. The van der Waals surface area contributed by atoms with Gasteiger partial charge in [-0.3, -0.25) is 9.59 Å². The van der Waals surface area contributed by atoms with Crippen molar-refractivity contribution in [3.63, 3.8) is 0 Å². The largest absolute Gasteiger partial charge is 0.339 e. The van der Waals surface area contributed by atoms with Crippen LogP contribution in [-0.4, -0.2) is 39.5 Å². The Labute approximate surface area is 197 Å². The fraction of sp³-hybridized carbons (Fsp3) is 0.333. The molecule has 0 bridgehead atoms. The molecule has 2 aromatic carbocycles. The molecule has 2 amide bonds. The van der Waals surface area contributed by atoms with Crippen LogP contribution in [0.5, 0.6) is 0 Å². The number of hydrogen-bond donors (Lipinski definition) is 1. The fourth-order valence-corrected chi connectivity index (χ4v) is 4.13. The van der Waals surface area contributed by atoms with E-state index in [9.17, 15) is 9.59 Å². The van der Waals surface area contributed by atoms with E-state index in [1.807, 2.05) is 61.2 Å². The molecule has 0 radical (unpaired) electrons. The number of nitrogens with zero attached hydrogens (tertiary/aromatic N) is 3. The average molecular weight is 471 g/mol. The third-order valence-corrected chi connectivity index (χ3v) is 6.40. The summed E-state index contributed by atoms with van der Waals surface area (Å²) in [6.45, 7) is 4.43. The predicted molar refractivity (Wildman–Crippen MR) is 130 cm³/mol. The van der Waals surface area contributed by atoms with E-state index in [0.29, 0.717) is 34.5 Å². The summed E-state index contributed by atoms with van der Waals surface area (Å²) in [6.07, 6.45) is 2.16. The first-order chi connectivity index (χ1) is 15.5. The predicted octanol–water partition coefficient (Wildman–Crippen LogP) is 5.45. The van der Waals surface area contributed by atoms with E-state index in [1.54, 1.807) is 12.1 Å². The lowest BCUT2D eigenvalue weighted by molar-refractivity contribution is -0.133. The van der Waals surface area contributed by atoms with Crippen molar-refractivity contribution in [2.24, 2.45) is 0 Å². The third-order valence-electron chi connectivity index (χ3n) is 5.26. The van der Waals surface area contributed by atoms with Gasteiger partial charge in [0, 0.05) is 36.0 Å². The first-order valence-electron chi connectivity index (χ1n) is 10.7. The number of benzene rings is 2. The Bertz CT molecular complexity index is 1020. The lowest BCUT2D eigenvalue weighted by Gasteiger charge is -2.28. The van der Waals surface area contributed by atoms with Gasteiger partial charge in [-0.05, 0) is 37.5 Å². The first-order valence-corrected chi connectivity index (χ1v) is 11.9. The summed E-state index contributed by atoms with van der Waals surface area (Å²) in [7, 11) is 0. The van der Waals surface area contributed by atoms with E-state index in [-0.39, 0.29) is 24.3 Å². The highest BCUT2D eigenvalue weighted by molar-refractivity contribution is 7.18. The number of aryl methyl sites for hydroxylation is 1. The van der Waals surface area contributed by atoms with Crippen molar-refractivity contribution >= 4 is 39.9 Å². The van der Waals surface area contributed by atoms with Crippen LogP contribution in [0.15, 0.2) is 54.6 Å². The van der Waals surface area contributed by atoms with Gasteiger partial charge in [0.15, 0.2) is 0 Å². The average Bonchev–Trinajstić information content (AvgIpc) is 3.27. The lowest BCUT2D eigenvalue weighted by Crippen LogP contribution is -2.40. The van der Waals surface area contributed by atoms with Gasteiger partial charge < -0.3 is 10.2 Å². The highest BCUT2D eigenvalue weighted by atomic mass is 35.5. The van der Waals surface area contributed by atoms with Gasteiger partial charge in [-0.25, -0.2) is 0 Å². The van der Waals surface area contributed by atoms with Gasteiger partial charge in [-0.15, -0.1) is 10.2 Å². The molecule has 1 N–H and O–H groups in total. The van der Waals surface area contributed by atoms with Gasteiger partial charge >= 0.3 is 0 Å². The van der Waals surface area contributed by atoms with E-state index < -0.39 is 0 Å². The minimum atomic E-state index is -0.187. The number of rotatable bonds is 10. The number of nitrogens with one attached hydrogen (secondary N) is 1. The van der Waals surface area contributed by atoms with Crippen LogP contribution in [0, 0.1) is 0 Å². The van der Waals surface area contributed by atoms with Crippen LogP contribution in [0.2, 0.25) is 5.02 Å². The van der Waals surface area contributed by atoms with Gasteiger partial charge in [0.25, 0.3) is 0 Å². The molecule has 6 nitrogen and oxygen atoms in total. The number of amides is 2. The van der Waals surface area contributed by atoms with Crippen LogP contribution in [0.4, 0.5) is 5.13 Å². The molecule has 3 rings (SSSR count). The Kier molecular flexibility index (Phi) is 8.76. The molecule has 8 heteroatoms. The van der Waals surface area contributed by atoms with Gasteiger partial charge in [0.1, 0.15) is 5.01 Å². The summed E-state index contributed by atoms with van der Waals surface area (Å²) in [4.78, 5) is 27.1. The van der Waals surface area contributed by atoms with Crippen LogP contribution in [-0.2, 0) is 16.0 Å². The van der Waals surface area contributed by atoms with E-state index in [2.05, 4.69) is 15.5 Å². The second-order valence-electron chi connectivity index (χ2n) is 7.55. The van der Waals surface area contributed by atoms with Gasteiger partial charge in [-0.1, -0.05) is 72.3 Å². The Morgan fingerprint density at radius 3 is 2.47 bits per heavy atom. The zero-order valence-corrected chi connectivity index (χ0v) is 19.8. The molecular weight excluding hydrogens is 444 g/mol. The fourth-order valence-electron chi connectivity index (χ4n) is 3.24. The standard InChI is InChI=1S/C24H27ClN4O2S/c1-3-17(2)29(22(31)14-9-18-7-5-4-6-8-18)16-15-21(30)26-24-28-27-23(32-24)19-10-12-20(25)13-11-19/h4-8,10-13,17H,3,9,14-16H2,1-2H3,(H,26,28,30). The highest BCUT2D eigenvalue weighted by Gasteiger charge is 2.20. The normalized spacial score (nSPS) is 11.7. The Balaban J connectivity index is 1.53. The zero-order chi connectivity index (χ0) is 22.9. The second-order valence-corrected chi connectivity index (χ2v) is 8.96. The van der Waals surface area contributed by atoms with Crippen LogP contribution < -0.4 is 5.32 Å². The van der Waals surface area contributed by atoms with Crippen molar-refractivity contribution in [2.75, 3.05) is 11.9 Å². The molecule has 0 aliphatic heterocycles. The minimum Gasteiger partial charge on any atom is -0.339 e. The minimum absolute atomic E-state index is 0.0666. The van der Waals surface area contributed by atoms with Gasteiger partial charge in [0.2, 0.25) is 16.9 Å². The molecule has 0 spiro atoms. The molecule has 0 aliphatic rings. The van der Waals surface area contributed by atoms with Crippen molar-refractivity contribution in [3.8, 4) is 10.6 Å². The Morgan fingerprint density at radius 1 is 1.06 bits per heavy atom. The molecule has 0 fully saturated rings. The summed E-state index contributed by atoms with van der Waals surface area (Å²) in [5, 5.41) is 12.8. The molecule has 0 saturated heterocycles. The monoisotopic (exact) mass is 470 g/mol. The number of halogens is 1. The zero-order valence-electron chi connectivity index (χ0n) is 18.3. The van der Waals surface area contributed by atoms with E-state index in [0.717, 1.165) is 17.5 Å². The Hall–Kier alpha value is -2.77. The molecular formula is C24H27ClN4O2S. The molecule has 1 aromatic heterocycles. The topological polar surface area (TPSA) is 75.2 Å². The maximum Gasteiger partial charge on any atom is 0.227 e. The van der Waals surface area contributed by atoms with Gasteiger partial charge in [-0.2, -0.15) is 0 Å². The smallest absolute Gasteiger partial charge is 0.227 e. The van der Waals surface area contributed by atoms with Crippen LogP contribution in [0.1, 0.15) is 38.7 Å². The van der Waals surface area contributed by atoms with E-state index >= 15 is 0 Å². The number of carbonyl (C=O) groups excluding carboxylic acids is 2. The van der Waals surface area contributed by atoms with Crippen molar-refractivity contribution in [1.82, 2.24) is 15.1 Å². The number of aromatic nitrogens is 2. The molecule has 1 atom stereocenters. The molecule has 168 valence electrons. The SMILES string of the molecule is CCC(C)N(CCC(=O)Nc1nnc(-c2ccc(Cl)cc2)s1)C(=O)CCc1ccccc1. The quantitative estimate of drug-likeness (QED) is 0.427. The summed E-state index contributed by atoms with van der Waals surface area (Å²) in [5.74, 6) is -0.120. The molecule has 1 heterocycles. The lowest BCUT2D eigenvalue weighted by atomic mass is 10.1. The third kappa shape index (κ3) is 6.87. The second kappa shape index (κ2) is 11.7. The molecule has 0 saturated carbocycles. The maximum atomic E-state index is 12.8. The van der Waals surface area contributed by atoms with Crippen molar-refractivity contribution in [2.45, 2.75) is 45.6 Å². The Morgan fingerprint density at radius 2 is 1.78 bits per heavy atom. The first kappa shape index (κ1) is 23.9. The van der Waals surface area contributed by atoms with Crippen LogP contribution in [0.25, 0.3) is 10.6 Å². The van der Waals surface area contributed by atoms with Crippen molar-refractivity contribution < 1.29 is 9.59 Å². The maximum absolute atomic E-state index is 12.8. The number of hydrogen-bond acceptors (Lipinski definition) is 5. The highest BCUT2D eigenvalue weighted by Crippen LogP contribution is 2.27. The van der Waals surface area contributed by atoms with E-state index in [4.69, 9.17) is 11.6 Å². The van der Waals surface area contributed by atoms with Crippen molar-refractivity contribution in [1.29, 1.82) is 0 Å². The summed E-state index contributed by atoms with van der Waals surface area (Å²) in [5.41, 5.74) is 2.02. The molecule has 32 heavy (non-hydrogen) atoms. The number of anilines is 1. The number of carbonyl (C=O) groups is 2. The molecule has 0 aliphatic carbocycles. The van der Waals surface area contributed by atoms with E-state index in [1.165, 1.54) is 11.3 Å².